The molecular formula is C12H14N4OS. The molecule has 0 spiro atoms. The molecular weight excluding hydrogens is 248 g/mol. The van der Waals surface area contributed by atoms with E-state index in [0.717, 1.165) is 10.6 Å². The van der Waals surface area contributed by atoms with Crippen LogP contribution in [0.15, 0.2) is 17.6 Å². The lowest BCUT2D eigenvalue weighted by atomic mass is 10.1. The zero-order chi connectivity index (χ0) is 13.1. The minimum Gasteiger partial charge on any atom is -0.383 e. The van der Waals surface area contributed by atoms with Crippen molar-refractivity contribution in [1.29, 1.82) is 0 Å². The first-order chi connectivity index (χ1) is 8.61. The quantitative estimate of drug-likeness (QED) is 0.806. The Hall–Kier alpha value is -1.79. The average molecular weight is 262 g/mol. The summed E-state index contributed by atoms with van der Waals surface area (Å²) in [5.41, 5.74) is 12.9. The maximum atomic E-state index is 12.2. The van der Waals surface area contributed by atoms with Crippen molar-refractivity contribution in [2.45, 2.75) is 13.3 Å². The second kappa shape index (κ2) is 5.24. The molecule has 2 aromatic rings. The van der Waals surface area contributed by atoms with Gasteiger partial charge < -0.3 is 11.5 Å². The topological polar surface area (TPSA) is 94.9 Å². The Balaban J connectivity index is 2.32. The minimum atomic E-state index is -0.191. The van der Waals surface area contributed by atoms with Crippen molar-refractivity contribution in [2.24, 2.45) is 5.73 Å². The Morgan fingerprint density at radius 1 is 1.50 bits per heavy atom. The summed E-state index contributed by atoms with van der Waals surface area (Å²) >= 11 is 1.43. The monoisotopic (exact) mass is 262 g/mol. The molecule has 0 aliphatic carbocycles. The van der Waals surface area contributed by atoms with Crippen molar-refractivity contribution < 1.29 is 4.79 Å². The average Bonchev–Trinajstić information content (AvgIpc) is 2.80. The van der Waals surface area contributed by atoms with Crippen molar-refractivity contribution in [3.63, 3.8) is 0 Å². The van der Waals surface area contributed by atoms with Gasteiger partial charge in [-0.2, -0.15) is 0 Å². The van der Waals surface area contributed by atoms with Gasteiger partial charge in [-0.3, -0.25) is 4.79 Å². The van der Waals surface area contributed by atoms with Gasteiger partial charge in [-0.05, 0) is 25.1 Å². The zero-order valence-electron chi connectivity index (χ0n) is 10.0. The van der Waals surface area contributed by atoms with Crippen molar-refractivity contribution in [3.8, 4) is 0 Å². The summed E-state index contributed by atoms with van der Waals surface area (Å²) in [4.78, 5) is 20.5. The summed E-state index contributed by atoms with van der Waals surface area (Å²) in [5, 5.41) is 2.59. The predicted octanol–water partition coefficient (Wildman–Crippen LogP) is 1.16. The second-order valence-electron chi connectivity index (χ2n) is 3.94. The highest BCUT2D eigenvalue weighted by Gasteiger charge is 2.16. The van der Waals surface area contributed by atoms with E-state index < -0.39 is 0 Å². The molecule has 0 unspecified atom stereocenters. The van der Waals surface area contributed by atoms with Crippen LogP contribution >= 0.6 is 11.3 Å². The van der Waals surface area contributed by atoms with Crippen LogP contribution in [0.2, 0.25) is 0 Å². The van der Waals surface area contributed by atoms with Crippen LogP contribution in [0.1, 0.15) is 26.6 Å². The van der Waals surface area contributed by atoms with E-state index in [1.165, 1.54) is 11.3 Å². The van der Waals surface area contributed by atoms with Gasteiger partial charge in [0.15, 0.2) is 0 Å². The number of rotatable bonds is 4. The molecule has 4 N–H and O–H groups in total. The van der Waals surface area contributed by atoms with Crippen LogP contribution in [0.5, 0.6) is 0 Å². The lowest BCUT2D eigenvalue weighted by molar-refractivity contribution is 0.103. The van der Waals surface area contributed by atoms with Crippen molar-refractivity contribution >= 4 is 22.9 Å². The van der Waals surface area contributed by atoms with Crippen LogP contribution in [0.25, 0.3) is 0 Å². The fourth-order valence-electron chi connectivity index (χ4n) is 1.55. The molecule has 94 valence electrons. The Morgan fingerprint density at radius 2 is 2.28 bits per heavy atom. The van der Waals surface area contributed by atoms with E-state index in [1.54, 1.807) is 17.6 Å². The predicted molar refractivity (Wildman–Crippen MR) is 71.7 cm³/mol. The number of thiazole rings is 1. The zero-order valence-corrected chi connectivity index (χ0v) is 10.8. The highest BCUT2D eigenvalue weighted by molar-refractivity contribution is 7.09. The standard InChI is InChI=1S/C12H14N4OS/c1-7-4-8(12(14)15-5-7)11(17)9-6-18-10(16-9)2-3-13/h4-6H,2-3,13H2,1H3,(H2,14,15). The van der Waals surface area contributed by atoms with Crippen LogP contribution in [0, 0.1) is 6.92 Å². The number of anilines is 1. The van der Waals surface area contributed by atoms with Gasteiger partial charge in [0.2, 0.25) is 5.78 Å². The summed E-state index contributed by atoms with van der Waals surface area (Å²) in [6, 6.07) is 1.73. The van der Waals surface area contributed by atoms with Crippen LogP contribution in [0.3, 0.4) is 0 Å². The molecule has 2 heterocycles. The first-order valence-corrected chi connectivity index (χ1v) is 6.41. The van der Waals surface area contributed by atoms with Crippen LogP contribution < -0.4 is 11.5 Å². The van der Waals surface area contributed by atoms with Gasteiger partial charge in [-0.25, -0.2) is 9.97 Å². The fraction of sp³-hybridized carbons (Fsp3) is 0.250. The SMILES string of the molecule is Cc1cnc(N)c(C(=O)c2csc(CCN)n2)c1. The number of nitrogen functional groups attached to an aromatic ring is 1. The Bertz CT molecular complexity index is 579. The number of pyridine rings is 1. The normalized spacial score (nSPS) is 10.6. The van der Waals surface area contributed by atoms with E-state index in [-0.39, 0.29) is 11.6 Å². The number of hydrogen-bond acceptors (Lipinski definition) is 6. The van der Waals surface area contributed by atoms with Crippen LogP contribution in [-0.4, -0.2) is 22.3 Å². The minimum absolute atomic E-state index is 0.191. The second-order valence-corrected chi connectivity index (χ2v) is 4.88. The van der Waals surface area contributed by atoms with Gasteiger partial charge in [0.05, 0.1) is 10.6 Å². The first-order valence-electron chi connectivity index (χ1n) is 5.53. The van der Waals surface area contributed by atoms with E-state index in [0.29, 0.717) is 24.2 Å². The van der Waals surface area contributed by atoms with E-state index in [2.05, 4.69) is 9.97 Å². The number of aryl methyl sites for hydroxylation is 1. The summed E-state index contributed by atoms with van der Waals surface area (Å²) in [5.74, 6) is 0.0437. The van der Waals surface area contributed by atoms with Gasteiger partial charge in [-0.1, -0.05) is 0 Å². The van der Waals surface area contributed by atoms with Gasteiger partial charge >= 0.3 is 0 Å². The Morgan fingerprint density at radius 3 is 3.00 bits per heavy atom. The van der Waals surface area contributed by atoms with Crippen LogP contribution in [-0.2, 0) is 6.42 Å². The number of ketones is 1. The smallest absolute Gasteiger partial charge is 0.215 e. The van der Waals surface area contributed by atoms with E-state index >= 15 is 0 Å². The number of nitrogens with zero attached hydrogens (tertiary/aromatic N) is 2. The Kier molecular flexibility index (Phi) is 3.69. The number of hydrogen-bond donors (Lipinski definition) is 2. The molecule has 6 heteroatoms. The molecule has 0 bridgehead atoms. The molecule has 0 amide bonds. The van der Waals surface area contributed by atoms with Gasteiger partial charge in [-0.15, -0.1) is 11.3 Å². The number of carbonyl (C=O) groups is 1. The summed E-state index contributed by atoms with van der Waals surface area (Å²) in [6.07, 6.45) is 2.31. The van der Waals surface area contributed by atoms with Gasteiger partial charge in [0.25, 0.3) is 0 Å². The first kappa shape index (κ1) is 12.7. The molecule has 0 aromatic carbocycles. The van der Waals surface area contributed by atoms with Gasteiger partial charge in [0, 0.05) is 18.0 Å². The molecule has 18 heavy (non-hydrogen) atoms. The highest BCUT2D eigenvalue weighted by atomic mass is 32.1. The lowest BCUT2D eigenvalue weighted by Crippen LogP contribution is -2.08. The Labute approximate surface area is 109 Å². The molecule has 0 aliphatic heterocycles. The molecule has 0 radical (unpaired) electrons. The van der Waals surface area contributed by atoms with Crippen LogP contribution in [0.4, 0.5) is 5.82 Å². The van der Waals surface area contributed by atoms with E-state index in [4.69, 9.17) is 11.5 Å². The largest absolute Gasteiger partial charge is 0.383 e. The third-order valence-electron chi connectivity index (χ3n) is 2.44. The molecule has 0 saturated heterocycles. The number of nitrogens with two attached hydrogens (primary N) is 2. The highest BCUT2D eigenvalue weighted by Crippen LogP contribution is 2.18. The fourth-order valence-corrected chi connectivity index (χ4v) is 2.35. The maximum absolute atomic E-state index is 12.2. The third kappa shape index (κ3) is 2.55. The summed E-state index contributed by atoms with van der Waals surface area (Å²) < 4.78 is 0. The molecule has 2 aromatic heterocycles. The number of carbonyl (C=O) groups excluding carboxylic acids is 1. The van der Waals surface area contributed by atoms with E-state index in [1.807, 2.05) is 6.92 Å². The summed E-state index contributed by atoms with van der Waals surface area (Å²) in [6.45, 7) is 2.39. The van der Waals surface area contributed by atoms with Gasteiger partial charge in [0.1, 0.15) is 11.5 Å². The van der Waals surface area contributed by atoms with Crippen molar-refractivity contribution in [3.05, 3.63) is 39.5 Å². The van der Waals surface area contributed by atoms with Crippen molar-refractivity contribution in [1.82, 2.24) is 9.97 Å². The summed E-state index contributed by atoms with van der Waals surface area (Å²) in [7, 11) is 0. The maximum Gasteiger partial charge on any atom is 0.215 e. The lowest BCUT2D eigenvalue weighted by Gasteiger charge is -2.02. The molecule has 5 nitrogen and oxygen atoms in total. The van der Waals surface area contributed by atoms with Crippen molar-refractivity contribution in [2.75, 3.05) is 12.3 Å². The molecule has 0 atom stereocenters. The number of aromatic nitrogens is 2. The third-order valence-corrected chi connectivity index (χ3v) is 3.35. The van der Waals surface area contributed by atoms with E-state index in [9.17, 15) is 4.79 Å². The molecule has 0 fully saturated rings. The molecule has 2 rings (SSSR count). The molecule has 0 aliphatic rings. The molecule has 0 saturated carbocycles.